The van der Waals surface area contributed by atoms with E-state index in [2.05, 4.69) is 7.05 Å². The second kappa shape index (κ2) is 6.89. The second-order valence-electron chi connectivity index (χ2n) is 5.83. The zero-order valence-corrected chi connectivity index (χ0v) is 12.7. The molecule has 8 heteroatoms. The van der Waals surface area contributed by atoms with Crippen molar-refractivity contribution in [3.8, 4) is 0 Å². The molecule has 1 fully saturated rings. The van der Waals surface area contributed by atoms with Crippen molar-refractivity contribution in [3.05, 3.63) is 12.2 Å². The number of hydrogen-bond donors (Lipinski definition) is 1. The molecule has 2 aliphatic heterocycles. The lowest BCUT2D eigenvalue weighted by Crippen LogP contribution is -2.59. The Bertz CT molecular complexity index is 465. The third-order valence-corrected chi connectivity index (χ3v) is 4.23. The van der Waals surface area contributed by atoms with E-state index in [-0.39, 0.29) is 18.4 Å². The zero-order chi connectivity index (χ0) is 16.2. The van der Waals surface area contributed by atoms with Crippen LogP contribution in [-0.4, -0.2) is 96.8 Å². The molecular weight excluding hydrogens is 290 g/mol. The van der Waals surface area contributed by atoms with E-state index in [1.54, 1.807) is 0 Å². The van der Waals surface area contributed by atoms with Gasteiger partial charge in [-0.25, -0.2) is 4.79 Å². The molecule has 122 valence electrons. The monoisotopic (exact) mass is 312 g/mol. The molecule has 22 heavy (non-hydrogen) atoms. The summed E-state index contributed by atoms with van der Waals surface area (Å²) in [6.45, 7) is 4.50. The third-order valence-electron chi connectivity index (χ3n) is 4.23. The minimum absolute atomic E-state index is 0.265. The predicted octanol–water partition coefficient (Wildman–Crippen LogP) is -0.632. The highest BCUT2D eigenvalue weighted by molar-refractivity contribution is 6.12. The number of quaternary nitrogens is 1. The van der Waals surface area contributed by atoms with Crippen LogP contribution in [0.15, 0.2) is 12.2 Å². The van der Waals surface area contributed by atoms with E-state index in [9.17, 15) is 14.4 Å². The number of rotatable bonds is 6. The van der Waals surface area contributed by atoms with Crippen molar-refractivity contribution in [1.82, 2.24) is 9.80 Å². The van der Waals surface area contributed by atoms with E-state index >= 15 is 0 Å². The number of carbonyl (C=O) groups is 3. The van der Waals surface area contributed by atoms with Gasteiger partial charge in [0, 0.05) is 12.2 Å². The summed E-state index contributed by atoms with van der Waals surface area (Å²) in [5.74, 6) is -0.588. The van der Waals surface area contributed by atoms with Crippen molar-refractivity contribution in [2.75, 3.05) is 59.5 Å². The smallest absolute Gasteiger partial charge is 0.407 e. The molecule has 0 atom stereocenters. The Labute approximate surface area is 129 Å². The van der Waals surface area contributed by atoms with Gasteiger partial charge in [0.05, 0.1) is 53.0 Å². The van der Waals surface area contributed by atoms with Crippen molar-refractivity contribution >= 4 is 17.9 Å². The molecular formula is C14H22N3O5+. The largest absolute Gasteiger partial charge is 0.465 e. The molecule has 0 bridgehead atoms. The Morgan fingerprint density at radius 1 is 1.23 bits per heavy atom. The number of piperazine rings is 1. The number of likely N-dealkylation sites (N-methyl/N-ethyl adjacent to an activating group) is 1. The summed E-state index contributed by atoms with van der Waals surface area (Å²) in [6.07, 6.45) is 1.66. The Kier molecular flexibility index (Phi) is 5.15. The molecule has 0 radical (unpaired) electrons. The van der Waals surface area contributed by atoms with Gasteiger partial charge in [-0.2, -0.15) is 0 Å². The second-order valence-corrected chi connectivity index (χ2v) is 5.83. The molecule has 2 aliphatic rings. The Balaban J connectivity index is 1.62. The van der Waals surface area contributed by atoms with Gasteiger partial charge in [0.2, 0.25) is 0 Å². The van der Waals surface area contributed by atoms with Crippen LogP contribution in [0, 0.1) is 0 Å². The van der Waals surface area contributed by atoms with E-state index < -0.39 is 6.09 Å². The number of hydrogen-bond acceptors (Lipinski definition) is 4. The van der Waals surface area contributed by atoms with Crippen molar-refractivity contribution in [3.63, 3.8) is 0 Å². The molecule has 2 heterocycles. The van der Waals surface area contributed by atoms with Crippen LogP contribution in [0.2, 0.25) is 0 Å². The molecule has 1 saturated heterocycles. The van der Waals surface area contributed by atoms with Crippen LogP contribution in [0.1, 0.15) is 0 Å². The van der Waals surface area contributed by atoms with Gasteiger partial charge in [0.1, 0.15) is 6.54 Å². The molecule has 0 spiro atoms. The van der Waals surface area contributed by atoms with Crippen LogP contribution in [0.3, 0.4) is 0 Å². The summed E-state index contributed by atoms with van der Waals surface area (Å²) in [5, 5.41) is 8.93. The van der Waals surface area contributed by atoms with Gasteiger partial charge in [-0.05, 0) is 0 Å². The Morgan fingerprint density at radius 3 is 2.36 bits per heavy atom. The maximum absolute atomic E-state index is 11.3. The average molecular weight is 312 g/mol. The van der Waals surface area contributed by atoms with Crippen LogP contribution >= 0.6 is 0 Å². The van der Waals surface area contributed by atoms with Gasteiger partial charge in [0.25, 0.3) is 11.8 Å². The molecule has 0 aromatic carbocycles. The Hall–Kier alpha value is -1.93. The van der Waals surface area contributed by atoms with Crippen molar-refractivity contribution in [1.29, 1.82) is 0 Å². The molecule has 2 rings (SSSR count). The summed E-state index contributed by atoms with van der Waals surface area (Å²) in [7, 11) is 2.08. The summed E-state index contributed by atoms with van der Waals surface area (Å²) in [6, 6.07) is 0. The maximum atomic E-state index is 11.3. The van der Waals surface area contributed by atoms with Gasteiger partial charge >= 0.3 is 6.09 Å². The molecule has 3 amide bonds. The van der Waals surface area contributed by atoms with E-state index in [1.165, 1.54) is 17.1 Å². The van der Waals surface area contributed by atoms with Crippen LogP contribution < -0.4 is 0 Å². The molecule has 0 aromatic rings. The summed E-state index contributed by atoms with van der Waals surface area (Å²) < 4.78 is 6.29. The first-order valence-corrected chi connectivity index (χ1v) is 7.34. The van der Waals surface area contributed by atoms with E-state index in [0.717, 1.165) is 29.0 Å². The normalized spacial score (nSPS) is 20.8. The number of amides is 3. The average Bonchev–Trinajstić information content (AvgIpc) is 2.79. The number of carbonyl (C=O) groups excluding carboxylic acids is 2. The first kappa shape index (κ1) is 16.4. The third kappa shape index (κ3) is 4.05. The molecule has 8 nitrogen and oxygen atoms in total. The lowest BCUT2D eigenvalue weighted by atomic mass is 10.2. The van der Waals surface area contributed by atoms with Gasteiger partial charge in [0.15, 0.2) is 0 Å². The van der Waals surface area contributed by atoms with Crippen LogP contribution in [0.4, 0.5) is 4.79 Å². The topological polar surface area (TPSA) is 87.2 Å². The lowest BCUT2D eigenvalue weighted by Gasteiger charge is -2.41. The van der Waals surface area contributed by atoms with E-state index in [4.69, 9.17) is 9.84 Å². The number of carboxylic acid groups (broad SMARTS) is 1. The maximum Gasteiger partial charge on any atom is 0.407 e. The SMILES string of the molecule is C[N+]1(CCOCCN2C(=O)C=CC2=O)CCN(C(=O)O)CC1. The Morgan fingerprint density at radius 2 is 1.82 bits per heavy atom. The first-order chi connectivity index (χ1) is 10.4. The minimum atomic E-state index is -0.865. The number of ether oxygens (including phenoxy) is 1. The number of imide groups is 1. The van der Waals surface area contributed by atoms with Crippen LogP contribution in [-0.2, 0) is 14.3 Å². The predicted molar refractivity (Wildman–Crippen MR) is 77.1 cm³/mol. The fraction of sp³-hybridized carbons (Fsp3) is 0.643. The molecule has 0 aromatic heterocycles. The van der Waals surface area contributed by atoms with Crippen molar-refractivity contribution in [2.24, 2.45) is 0 Å². The fourth-order valence-corrected chi connectivity index (χ4v) is 2.56. The molecule has 0 unspecified atom stereocenters. The van der Waals surface area contributed by atoms with Gasteiger partial charge in [-0.1, -0.05) is 0 Å². The molecule has 0 aliphatic carbocycles. The quantitative estimate of drug-likeness (QED) is 0.401. The number of nitrogens with zero attached hydrogens (tertiary/aromatic N) is 3. The van der Waals surface area contributed by atoms with Gasteiger partial charge < -0.3 is 14.3 Å². The van der Waals surface area contributed by atoms with Gasteiger partial charge in [-0.3, -0.25) is 19.4 Å². The highest BCUT2D eigenvalue weighted by Gasteiger charge is 2.30. The minimum Gasteiger partial charge on any atom is -0.465 e. The fourth-order valence-electron chi connectivity index (χ4n) is 2.56. The molecule has 0 saturated carbocycles. The summed E-state index contributed by atoms with van der Waals surface area (Å²) >= 11 is 0. The van der Waals surface area contributed by atoms with Crippen molar-refractivity contribution < 1.29 is 28.7 Å². The molecule has 1 N–H and O–H groups in total. The van der Waals surface area contributed by atoms with E-state index in [1.807, 2.05) is 0 Å². The summed E-state index contributed by atoms with van der Waals surface area (Å²) in [5.41, 5.74) is 0. The summed E-state index contributed by atoms with van der Waals surface area (Å²) in [4.78, 5) is 36.1. The van der Waals surface area contributed by atoms with Crippen LogP contribution in [0.25, 0.3) is 0 Å². The van der Waals surface area contributed by atoms with Crippen LogP contribution in [0.5, 0.6) is 0 Å². The standard InChI is InChI=1S/C14H21N3O5/c1-17(7-4-15(5-8-17)14(20)21)9-11-22-10-6-16-12(18)2-3-13(16)19/h2-3H,4-11H2,1H3/p+1. The van der Waals surface area contributed by atoms with Gasteiger partial charge in [-0.15, -0.1) is 0 Å². The first-order valence-electron chi connectivity index (χ1n) is 7.34. The highest BCUT2D eigenvalue weighted by atomic mass is 16.5. The lowest BCUT2D eigenvalue weighted by molar-refractivity contribution is -0.913. The zero-order valence-electron chi connectivity index (χ0n) is 12.7. The van der Waals surface area contributed by atoms with E-state index in [0.29, 0.717) is 26.3 Å². The highest BCUT2D eigenvalue weighted by Crippen LogP contribution is 2.10. The van der Waals surface area contributed by atoms with Crippen molar-refractivity contribution in [2.45, 2.75) is 0 Å².